The molecule has 19 heavy (non-hydrogen) atoms. The molecule has 0 aromatic heterocycles. The molecule has 0 fully saturated rings. The Morgan fingerprint density at radius 2 is 1.53 bits per heavy atom. The first kappa shape index (κ1) is 13.5. The van der Waals surface area contributed by atoms with Gasteiger partial charge in [0.25, 0.3) is 0 Å². The Balaban J connectivity index is 2.20. The molecule has 0 saturated heterocycles. The van der Waals surface area contributed by atoms with Crippen LogP contribution >= 0.6 is 11.8 Å². The highest BCUT2D eigenvalue weighted by molar-refractivity contribution is 7.99. The van der Waals surface area contributed by atoms with Gasteiger partial charge in [-0.2, -0.15) is 0 Å². The minimum atomic E-state index is 0.677. The summed E-state index contributed by atoms with van der Waals surface area (Å²) in [5.74, 6) is 1.42. The summed E-state index contributed by atoms with van der Waals surface area (Å²) in [4.78, 5) is 12.7. The van der Waals surface area contributed by atoms with Gasteiger partial charge in [0.15, 0.2) is 11.5 Å². The molecule has 0 unspecified atom stereocenters. The molecule has 98 valence electrons. The highest BCUT2D eigenvalue weighted by atomic mass is 32.2. The molecule has 4 heteroatoms. The average molecular weight is 274 g/mol. The molecule has 2 aromatic carbocycles. The summed E-state index contributed by atoms with van der Waals surface area (Å²) in [6.45, 7) is 0. The second-order valence-corrected chi connectivity index (χ2v) is 4.95. The molecule has 0 spiro atoms. The predicted octanol–water partition coefficient (Wildman–Crippen LogP) is 3.67. The number of rotatable bonds is 5. The number of hydrogen-bond acceptors (Lipinski definition) is 4. The van der Waals surface area contributed by atoms with E-state index in [0.29, 0.717) is 17.1 Å². The van der Waals surface area contributed by atoms with E-state index < -0.39 is 0 Å². The zero-order valence-electron chi connectivity index (χ0n) is 10.8. The third-order valence-corrected chi connectivity index (χ3v) is 3.60. The molecular weight excluding hydrogens is 260 g/mol. The summed E-state index contributed by atoms with van der Waals surface area (Å²) >= 11 is 1.60. The van der Waals surface area contributed by atoms with E-state index in [1.165, 1.54) is 0 Å². The first-order valence-electron chi connectivity index (χ1n) is 5.72. The molecule has 0 bridgehead atoms. The molecule has 3 nitrogen and oxygen atoms in total. The van der Waals surface area contributed by atoms with Gasteiger partial charge >= 0.3 is 0 Å². The van der Waals surface area contributed by atoms with Crippen LogP contribution in [-0.4, -0.2) is 20.5 Å². The van der Waals surface area contributed by atoms with Gasteiger partial charge in [-0.15, -0.1) is 0 Å². The van der Waals surface area contributed by atoms with E-state index in [4.69, 9.17) is 9.47 Å². The minimum Gasteiger partial charge on any atom is -0.493 e. The quantitative estimate of drug-likeness (QED) is 0.779. The summed E-state index contributed by atoms with van der Waals surface area (Å²) in [6, 6.07) is 13.2. The van der Waals surface area contributed by atoms with Crippen LogP contribution in [0.2, 0.25) is 0 Å². The lowest BCUT2D eigenvalue weighted by Crippen LogP contribution is -1.90. The molecule has 0 heterocycles. The third kappa shape index (κ3) is 3.29. The van der Waals surface area contributed by atoms with Crippen molar-refractivity contribution in [2.24, 2.45) is 0 Å². The fraction of sp³-hybridized carbons (Fsp3) is 0.133. The molecule has 0 aliphatic carbocycles. The molecule has 2 aromatic rings. The van der Waals surface area contributed by atoms with Crippen molar-refractivity contribution in [2.75, 3.05) is 14.2 Å². The number of benzene rings is 2. The van der Waals surface area contributed by atoms with Crippen molar-refractivity contribution in [3.63, 3.8) is 0 Å². The van der Waals surface area contributed by atoms with Crippen LogP contribution < -0.4 is 9.47 Å². The first-order chi connectivity index (χ1) is 9.26. The van der Waals surface area contributed by atoms with Gasteiger partial charge in [-0.05, 0) is 30.3 Å². The zero-order chi connectivity index (χ0) is 13.7. The molecule has 0 radical (unpaired) electrons. The molecule has 0 aliphatic heterocycles. The van der Waals surface area contributed by atoms with Gasteiger partial charge in [0.1, 0.15) is 6.29 Å². The first-order valence-corrected chi connectivity index (χ1v) is 6.53. The maximum absolute atomic E-state index is 10.6. The summed E-state index contributed by atoms with van der Waals surface area (Å²) in [7, 11) is 3.23. The predicted molar refractivity (Wildman–Crippen MR) is 75.5 cm³/mol. The van der Waals surface area contributed by atoms with Gasteiger partial charge in [0, 0.05) is 15.4 Å². The summed E-state index contributed by atoms with van der Waals surface area (Å²) in [6.07, 6.45) is 0.838. The Bertz CT molecular complexity index is 564. The van der Waals surface area contributed by atoms with Gasteiger partial charge in [-0.1, -0.05) is 23.9 Å². The Labute approximate surface area is 116 Å². The van der Waals surface area contributed by atoms with E-state index in [1.54, 1.807) is 38.1 Å². The van der Waals surface area contributed by atoms with Crippen LogP contribution in [0.15, 0.2) is 52.3 Å². The van der Waals surface area contributed by atoms with Crippen molar-refractivity contribution >= 4 is 18.0 Å². The van der Waals surface area contributed by atoms with Gasteiger partial charge in [0.2, 0.25) is 0 Å². The van der Waals surface area contributed by atoms with E-state index in [2.05, 4.69) is 0 Å². The normalized spacial score (nSPS) is 10.0. The number of carbonyl (C=O) groups is 1. The van der Waals surface area contributed by atoms with E-state index in [9.17, 15) is 4.79 Å². The maximum atomic E-state index is 10.6. The molecule has 2 rings (SSSR count). The van der Waals surface area contributed by atoms with Crippen LogP contribution in [0.1, 0.15) is 10.4 Å². The number of ether oxygens (including phenoxy) is 2. The van der Waals surface area contributed by atoms with Gasteiger partial charge in [-0.3, -0.25) is 4.79 Å². The van der Waals surface area contributed by atoms with Crippen molar-refractivity contribution in [1.82, 2.24) is 0 Å². The van der Waals surface area contributed by atoms with Crippen molar-refractivity contribution < 1.29 is 14.3 Å². The highest BCUT2D eigenvalue weighted by Crippen LogP contribution is 2.35. The Morgan fingerprint density at radius 3 is 2.11 bits per heavy atom. The Morgan fingerprint density at radius 1 is 0.895 bits per heavy atom. The molecule has 0 atom stereocenters. The lowest BCUT2D eigenvalue weighted by molar-refractivity contribution is 0.112. The standard InChI is InChI=1S/C15H14O3S/c1-17-14-8-7-13(9-15(14)18-2)19-12-5-3-11(10-16)4-6-12/h3-10H,1-2H3. The van der Waals surface area contributed by atoms with E-state index in [-0.39, 0.29) is 0 Å². The monoisotopic (exact) mass is 274 g/mol. The second-order valence-electron chi connectivity index (χ2n) is 3.81. The number of hydrogen-bond donors (Lipinski definition) is 0. The molecule has 0 saturated carbocycles. The van der Waals surface area contributed by atoms with Crippen LogP contribution in [0.4, 0.5) is 0 Å². The highest BCUT2D eigenvalue weighted by Gasteiger charge is 2.05. The summed E-state index contributed by atoms with van der Waals surface area (Å²) in [5, 5.41) is 0. The van der Waals surface area contributed by atoms with E-state index >= 15 is 0 Å². The Kier molecular flexibility index (Phi) is 4.47. The third-order valence-electron chi connectivity index (χ3n) is 2.61. The lowest BCUT2D eigenvalue weighted by atomic mass is 10.2. The van der Waals surface area contributed by atoms with Crippen LogP contribution in [0.3, 0.4) is 0 Å². The van der Waals surface area contributed by atoms with Gasteiger partial charge in [-0.25, -0.2) is 0 Å². The smallest absolute Gasteiger partial charge is 0.161 e. The van der Waals surface area contributed by atoms with Crippen LogP contribution in [0, 0.1) is 0 Å². The maximum Gasteiger partial charge on any atom is 0.161 e. The van der Waals surface area contributed by atoms with E-state index in [1.807, 2.05) is 30.3 Å². The van der Waals surface area contributed by atoms with Crippen molar-refractivity contribution in [1.29, 1.82) is 0 Å². The number of methoxy groups -OCH3 is 2. The van der Waals surface area contributed by atoms with Crippen molar-refractivity contribution in [2.45, 2.75) is 9.79 Å². The van der Waals surface area contributed by atoms with E-state index in [0.717, 1.165) is 16.1 Å². The van der Waals surface area contributed by atoms with Crippen LogP contribution in [-0.2, 0) is 0 Å². The zero-order valence-corrected chi connectivity index (χ0v) is 11.6. The summed E-state index contributed by atoms with van der Waals surface area (Å²) < 4.78 is 10.5. The Hall–Kier alpha value is -1.94. The van der Waals surface area contributed by atoms with Crippen molar-refractivity contribution in [3.05, 3.63) is 48.0 Å². The second kappa shape index (κ2) is 6.29. The summed E-state index contributed by atoms with van der Waals surface area (Å²) in [5.41, 5.74) is 0.677. The topological polar surface area (TPSA) is 35.5 Å². The molecule has 0 aliphatic rings. The molecule has 0 amide bonds. The molecule has 0 N–H and O–H groups in total. The fourth-order valence-electron chi connectivity index (χ4n) is 1.63. The van der Waals surface area contributed by atoms with Crippen LogP contribution in [0.25, 0.3) is 0 Å². The largest absolute Gasteiger partial charge is 0.493 e. The number of aldehydes is 1. The fourth-order valence-corrected chi connectivity index (χ4v) is 2.48. The average Bonchev–Trinajstić information content (AvgIpc) is 2.48. The van der Waals surface area contributed by atoms with Gasteiger partial charge in [0.05, 0.1) is 14.2 Å². The van der Waals surface area contributed by atoms with Crippen molar-refractivity contribution in [3.8, 4) is 11.5 Å². The SMILES string of the molecule is COc1ccc(Sc2ccc(C=O)cc2)cc1OC. The van der Waals surface area contributed by atoms with Gasteiger partial charge < -0.3 is 9.47 Å². The van der Waals surface area contributed by atoms with Crippen LogP contribution in [0.5, 0.6) is 11.5 Å². The molecular formula is C15H14O3S. The minimum absolute atomic E-state index is 0.677. The lowest BCUT2D eigenvalue weighted by Gasteiger charge is -2.09. The number of carbonyl (C=O) groups excluding carboxylic acids is 1.